The largest absolute Gasteiger partial charge is 0.462 e. The average molecular weight is 266 g/mol. The van der Waals surface area contributed by atoms with E-state index in [9.17, 15) is 9.36 Å². The van der Waals surface area contributed by atoms with Crippen LogP contribution in [0.2, 0.25) is 0 Å². The molecule has 0 aliphatic rings. The number of carbonyl (C=O) groups is 1. The summed E-state index contributed by atoms with van der Waals surface area (Å²) >= 11 is 0. The maximum Gasteiger partial charge on any atom is 0.334 e. The van der Waals surface area contributed by atoms with Gasteiger partial charge in [-0.25, -0.2) is 0 Å². The Bertz CT molecular complexity index is 274. The van der Waals surface area contributed by atoms with Crippen molar-refractivity contribution in [3.05, 3.63) is 0 Å². The summed E-state index contributed by atoms with van der Waals surface area (Å²) in [7, 11) is -3.22. The molecule has 0 unspecified atom stereocenters. The highest BCUT2D eigenvalue weighted by Crippen LogP contribution is 2.51. The zero-order chi connectivity index (χ0) is 13.6. The van der Waals surface area contributed by atoms with Crippen LogP contribution in [0.15, 0.2) is 0 Å². The van der Waals surface area contributed by atoms with Gasteiger partial charge in [0, 0.05) is 6.92 Å². The molecule has 0 bridgehead atoms. The molecule has 0 amide bonds. The van der Waals surface area contributed by atoms with E-state index in [0.717, 1.165) is 0 Å². The van der Waals surface area contributed by atoms with Crippen molar-refractivity contribution in [2.24, 2.45) is 0 Å². The van der Waals surface area contributed by atoms with E-state index >= 15 is 0 Å². The third kappa shape index (κ3) is 8.36. The van der Waals surface area contributed by atoms with Crippen molar-refractivity contribution in [2.75, 3.05) is 6.16 Å². The standard InChI is InChI=1S/C11H23O5P/c1-8(2)15-17(13,16-9(3)4)7-10(5)14-11(6)12/h8-10H,7H2,1-6H3/t10-/m1/s1. The van der Waals surface area contributed by atoms with Crippen molar-refractivity contribution in [3.63, 3.8) is 0 Å². The van der Waals surface area contributed by atoms with Crippen molar-refractivity contribution in [1.29, 1.82) is 0 Å². The number of rotatable bonds is 7. The van der Waals surface area contributed by atoms with Gasteiger partial charge in [-0.15, -0.1) is 0 Å². The molecule has 0 saturated carbocycles. The molecule has 0 spiro atoms. The Hall–Kier alpha value is -0.380. The van der Waals surface area contributed by atoms with Crippen LogP contribution in [-0.2, 0) is 23.1 Å². The molecular weight excluding hydrogens is 243 g/mol. The van der Waals surface area contributed by atoms with Gasteiger partial charge in [0.2, 0.25) is 0 Å². The Morgan fingerprint density at radius 2 is 1.47 bits per heavy atom. The van der Waals surface area contributed by atoms with E-state index in [1.54, 1.807) is 34.6 Å². The minimum Gasteiger partial charge on any atom is -0.462 e. The third-order valence-electron chi connectivity index (χ3n) is 1.59. The van der Waals surface area contributed by atoms with Gasteiger partial charge in [0.15, 0.2) is 0 Å². The average Bonchev–Trinajstić information content (AvgIpc) is 1.95. The van der Waals surface area contributed by atoms with Crippen LogP contribution in [-0.4, -0.2) is 30.4 Å². The molecule has 0 N–H and O–H groups in total. The van der Waals surface area contributed by atoms with E-state index < -0.39 is 19.7 Å². The summed E-state index contributed by atoms with van der Waals surface area (Å²) in [5.74, 6) is -0.404. The van der Waals surface area contributed by atoms with E-state index in [2.05, 4.69) is 0 Å². The van der Waals surface area contributed by atoms with Gasteiger partial charge in [0.25, 0.3) is 0 Å². The lowest BCUT2D eigenvalue weighted by atomic mass is 10.5. The first-order valence-corrected chi connectivity index (χ1v) is 7.50. The first-order chi connectivity index (χ1) is 7.64. The molecule has 17 heavy (non-hydrogen) atoms. The van der Waals surface area contributed by atoms with Gasteiger partial charge in [0.05, 0.1) is 18.4 Å². The Morgan fingerprint density at radius 3 is 1.76 bits per heavy atom. The minimum atomic E-state index is -3.22. The number of carbonyl (C=O) groups excluding carboxylic acids is 1. The van der Waals surface area contributed by atoms with Gasteiger partial charge in [-0.1, -0.05) is 0 Å². The van der Waals surface area contributed by atoms with Crippen LogP contribution in [0.4, 0.5) is 0 Å². The van der Waals surface area contributed by atoms with Crippen LogP contribution in [0.3, 0.4) is 0 Å². The lowest BCUT2D eigenvalue weighted by Crippen LogP contribution is -2.20. The fraction of sp³-hybridized carbons (Fsp3) is 0.909. The fourth-order valence-corrected chi connectivity index (χ4v) is 3.60. The Labute approximate surface area is 103 Å². The Morgan fingerprint density at radius 1 is 1.06 bits per heavy atom. The maximum absolute atomic E-state index is 12.4. The lowest BCUT2D eigenvalue weighted by Gasteiger charge is -2.24. The topological polar surface area (TPSA) is 61.8 Å². The van der Waals surface area contributed by atoms with Gasteiger partial charge in [-0.05, 0) is 34.6 Å². The van der Waals surface area contributed by atoms with Crippen LogP contribution in [0.25, 0.3) is 0 Å². The zero-order valence-electron chi connectivity index (χ0n) is 11.4. The molecule has 0 fully saturated rings. The Balaban J connectivity index is 4.58. The number of ether oxygens (including phenoxy) is 1. The van der Waals surface area contributed by atoms with Crippen molar-refractivity contribution in [2.45, 2.75) is 59.9 Å². The van der Waals surface area contributed by atoms with Crippen molar-refractivity contribution in [3.8, 4) is 0 Å². The van der Waals surface area contributed by atoms with E-state index in [0.29, 0.717) is 0 Å². The second-order valence-corrected chi connectivity index (χ2v) is 6.53. The molecule has 0 saturated heterocycles. The van der Waals surface area contributed by atoms with E-state index in [-0.39, 0.29) is 18.4 Å². The Kier molecular flexibility index (Phi) is 6.98. The van der Waals surface area contributed by atoms with E-state index in [1.165, 1.54) is 6.92 Å². The van der Waals surface area contributed by atoms with E-state index in [1.807, 2.05) is 0 Å². The maximum atomic E-state index is 12.4. The molecular formula is C11H23O5P. The summed E-state index contributed by atoms with van der Waals surface area (Å²) in [5, 5.41) is 0. The number of esters is 1. The van der Waals surface area contributed by atoms with Crippen LogP contribution in [0.1, 0.15) is 41.5 Å². The summed E-state index contributed by atoms with van der Waals surface area (Å²) in [6.45, 7) is 10.1. The highest BCUT2D eigenvalue weighted by atomic mass is 31.2. The predicted molar refractivity (Wildman–Crippen MR) is 66.1 cm³/mol. The second-order valence-electron chi connectivity index (χ2n) is 4.52. The quantitative estimate of drug-likeness (QED) is 0.523. The highest BCUT2D eigenvalue weighted by Gasteiger charge is 2.31. The molecule has 0 aromatic carbocycles. The minimum absolute atomic E-state index is 0.0724. The van der Waals surface area contributed by atoms with Crippen molar-refractivity contribution in [1.82, 2.24) is 0 Å². The second kappa shape index (κ2) is 7.14. The monoisotopic (exact) mass is 266 g/mol. The molecule has 102 valence electrons. The first-order valence-electron chi connectivity index (χ1n) is 5.77. The molecule has 0 aromatic rings. The van der Waals surface area contributed by atoms with Crippen molar-refractivity contribution >= 4 is 13.6 Å². The summed E-state index contributed by atoms with van der Waals surface area (Å²) in [4.78, 5) is 10.8. The van der Waals surface area contributed by atoms with E-state index in [4.69, 9.17) is 13.8 Å². The smallest absolute Gasteiger partial charge is 0.334 e. The van der Waals surface area contributed by atoms with Crippen LogP contribution in [0.5, 0.6) is 0 Å². The number of hydrogen-bond acceptors (Lipinski definition) is 5. The molecule has 1 atom stereocenters. The molecule has 0 rings (SSSR count). The zero-order valence-corrected chi connectivity index (χ0v) is 12.3. The molecule has 6 heteroatoms. The fourth-order valence-electron chi connectivity index (χ4n) is 1.39. The predicted octanol–water partition coefficient (Wildman–Crippen LogP) is 2.98. The number of hydrogen-bond donors (Lipinski definition) is 0. The van der Waals surface area contributed by atoms with Crippen LogP contribution < -0.4 is 0 Å². The van der Waals surface area contributed by atoms with Gasteiger partial charge in [-0.2, -0.15) is 0 Å². The molecule has 0 aliphatic carbocycles. The first kappa shape index (κ1) is 16.6. The molecule has 5 nitrogen and oxygen atoms in total. The summed E-state index contributed by atoms with van der Waals surface area (Å²) in [5.41, 5.74) is 0. The molecule has 0 radical (unpaired) electrons. The SMILES string of the molecule is CC(=O)O[C@H](C)CP(=O)(OC(C)C)OC(C)C. The normalized spacial score (nSPS) is 14.1. The lowest BCUT2D eigenvalue weighted by molar-refractivity contribution is -0.144. The van der Waals surface area contributed by atoms with Gasteiger partial charge >= 0.3 is 13.6 Å². The van der Waals surface area contributed by atoms with Crippen LogP contribution >= 0.6 is 7.60 Å². The van der Waals surface area contributed by atoms with Gasteiger partial charge in [0.1, 0.15) is 6.10 Å². The summed E-state index contributed by atoms with van der Waals surface area (Å²) in [6.07, 6.45) is -0.827. The summed E-state index contributed by atoms with van der Waals surface area (Å²) in [6, 6.07) is 0. The summed E-state index contributed by atoms with van der Waals surface area (Å²) < 4.78 is 28.0. The molecule has 0 aliphatic heterocycles. The highest BCUT2D eigenvalue weighted by molar-refractivity contribution is 7.53. The van der Waals surface area contributed by atoms with Gasteiger partial charge < -0.3 is 13.8 Å². The molecule has 0 aromatic heterocycles. The third-order valence-corrected chi connectivity index (χ3v) is 4.04. The molecule has 0 heterocycles. The van der Waals surface area contributed by atoms with Crippen LogP contribution in [0, 0.1) is 0 Å². The van der Waals surface area contributed by atoms with Crippen molar-refractivity contribution < 1.29 is 23.1 Å². The van der Waals surface area contributed by atoms with Gasteiger partial charge in [-0.3, -0.25) is 9.36 Å².